The number of hydrogen-bond acceptors (Lipinski definition) is 3. The summed E-state index contributed by atoms with van der Waals surface area (Å²) in [7, 11) is 1.84. The van der Waals surface area contributed by atoms with Crippen molar-refractivity contribution in [3.8, 4) is 0 Å². The Balaban J connectivity index is 2.98. The summed E-state index contributed by atoms with van der Waals surface area (Å²) in [6.07, 6.45) is -0.230. The van der Waals surface area contributed by atoms with Crippen LogP contribution in [0.2, 0.25) is 0 Å². The Kier molecular flexibility index (Phi) is 3.06. The van der Waals surface area contributed by atoms with Crippen molar-refractivity contribution in [3.63, 3.8) is 0 Å². The molecule has 2 N–H and O–H groups in total. The predicted octanol–water partition coefficient (Wildman–Crippen LogP) is 0.453. The second-order valence-corrected chi connectivity index (χ2v) is 3.24. The number of nitrogens with zero attached hydrogens (tertiary/aromatic N) is 2. The van der Waals surface area contributed by atoms with E-state index in [9.17, 15) is 5.11 Å². The number of aliphatic hydroxyl groups excluding tert-OH is 2. The van der Waals surface area contributed by atoms with E-state index in [1.165, 1.54) is 0 Å². The Bertz CT molecular complexity index is 294. The van der Waals surface area contributed by atoms with Crippen LogP contribution in [0.5, 0.6) is 0 Å². The molecule has 0 fully saturated rings. The molecule has 4 nitrogen and oxygen atoms in total. The number of aliphatic hydroxyl groups is 2. The van der Waals surface area contributed by atoms with Crippen molar-refractivity contribution in [3.05, 3.63) is 17.0 Å². The van der Waals surface area contributed by atoms with E-state index >= 15 is 0 Å². The molecule has 0 saturated heterocycles. The van der Waals surface area contributed by atoms with Crippen molar-refractivity contribution in [2.75, 3.05) is 6.61 Å². The first-order valence-electron chi connectivity index (χ1n) is 4.37. The lowest BCUT2D eigenvalue weighted by Crippen LogP contribution is -2.03. The van der Waals surface area contributed by atoms with E-state index in [4.69, 9.17) is 5.11 Å². The van der Waals surface area contributed by atoms with Crippen LogP contribution < -0.4 is 0 Å². The van der Waals surface area contributed by atoms with Crippen molar-refractivity contribution in [2.24, 2.45) is 7.05 Å². The van der Waals surface area contributed by atoms with Crippen LogP contribution in [0, 0.1) is 13.8 Å². The summed E-state index contributed by atoms with van der Waals surface area (Å²) < 4.78 is 1.74. The van der Waals surface area contributed by atoms with Gasteiger partial charge >= 0.3 is 0 Å². The maximum atomic E-state index is 9.68. The Labute approximate surface area is 77.8 Å². The van der Waals surface area contributed by atoms with Gasteiger partial charge in [0.15, 0.2) is 0 Å². The highest BCUT2D eigenvalue weighted by atomic mass is 16.3. The lowest BCUT2D eigenvalue weighted by molar-refractivity contribution is 0.133. The number of aromatic nitrogens is 2. The van der Waals surface area contributed by atoms with Gasteiger partial charge in [-0.05, 0) is 13.8 Å². The highest BCUT2D eigenvalue weighted by Gasteiger charge is 2.16. The second-order valence-electron chi connectivity index (χ2n) is 3.24. The van der Waals surface area contributed by atoms with Gasteiger partial charge in [-0.1, -0.05) is 0 Å². The molecule has 0 amide bonds. The average molecular weight is 184 g/mol. The molecule has 0 unspecified atom stereocenters. The van der Waals surface area contributed by atoms with Gasteiger partial charge in [-0.2, -0.15) is 5.10 Å². The van der Waals surface area contributed by atoms with Gasteiger partial charge in [-0.15, -0.1) is 0 Å². The summed E-state index contributed by atoms with van der Waals surface area (Å²) in [6.45, 7) is 3.77. The van der Waals surface area contributed by atoms with Crippen molar-refractivity contribution >= 4 is 0 Å². The second kappa shape index (κ2) is 3.89. The Hall–Kier alpha value is -0.870. The summed E-state index contributed by atoms with van der Waals surface area (Å²) in [5.74, 6) is 0. The third-order valence-corrected chi connectivity index (χ3v) is 2.30. The van der Waals surface area contributed by atoms with Crippen LogP contribution in [0.1, 0.15) is 29.5 Å². The standard InChI is InChI=1S/C9H16N2O2/c1-6-9(8(13)4-5-12)7(2)11(3)10-6/h8,12-13H,4-5H2,1-3H3/t8-/m1/s1. The fourth-order valence-corrected chi connectivity index (χ4v) is 1.54. The zero-order chi connectivity index (χ0) is 10.0. The van der Waals surface area contributed by atoms with Gasteiger partial charge in [0.1, 0.15) is 0 Å². The maximum Gasteiger partial charge on any atom is 0.0847 e. The Morgan fingerprint density at radius 2 is 2.08 bits per heavy atom. The van der Waals surface area contributed by atoms with Crippen molar-refractivity contribution in [1.82, 2.24) is 9.78 Å². The fraction of sp³-hybridized carbons (Fsp3) is 0.667. The number of aryl methyl sites for hydroxylation is 2. The summed E-state index contributed by atoms with van der Waals surface area (Å²) in [6, 6.07) is 0. The van der Waals surface area contributed by atoms with Crippen LogP contribution in [0.15, 0.2) is 0 Å². The summed E-state index contributed by atoms with van der Waals surface area (Å²) in [4.78, 5) is 0. The normalized spacial score (nSPS) is 13.3. The molecule has 1 heterocycles. The fourth-order valence-electron chi connectivity index (χ4n) is 1.54. The third kappa shape index (κ3) is 1.89. The van der Waals surface area contributed by atoms with Crippen LogP contribution in [0.25, 0.3) is 0 Å². The van der Waals surface area contributed by atoms with Gasteiger partial charge in [-0.3, -0.25) is 4.68 Å². The van der Waals surface area contributed by atoms with Gasteiger partial charge < -0.3 is 10.2 Å². The largest absolute Gasteiger partial charge is 0.396 e. The summed E-state index contributed by atoms with van der Waals surface area (Å²) in [5, 5.41) is 22.6. The van der Waals surface area contributed by atoms with E-state index in [2.05, 4.69) is 5.10 Å². The molecule has 1 rings (SSSR count). The lowest BCUT2D eigenvalue weighted by Gasteiger charge is -2.09. The molecule has 0 spiro atoms. The molecule has 0 aliphatic carbocycles. The first-order chi connectivity index (χ1) is 6.07. The molecule has 0 aliphatic heterocycles. The summed E-state index contributed by atoms with van der Waals surface area (Å²) in [5.41, 5.74) is 2.64. The van der Waals surface area contributed by atoms with E-state index in [-0.39, 0.29) is 6.61 Å². The van der Waals surface area contributed by atoms with Gasteiger partial charge in [0, 0.05) is 31.3 Å². The molecule has 4 heteroatoms. The number of rotatable bonds is 3. The molecule has 0 saturated carbocycles. The molecule has 1 aromatic rings. The van der Waals surface area contributed by atoms with Crippen molar-refractivity contribution in [2.45, 2.75) is 26.4 Å². The average Bonchev–Trinajstić information content (AvgIpc) is 2.27. The minimum absolute atomic E-state index is 0.00502. The number of hydrogen-bond donors (Lipinski definition) is 2. The van der Waals surface area contributed by atoms with Gasteiger partial charge in [0.05, 0.1) is 11.8 Å². The minimum atomic E-state index is -0.598. The van der Waals surface area contributed by atoms with Crippen LogP contribution in [0.3, 0.4) is 0 Å². The van der Waals surface area contributed by atoms with Crippen molar-refractivity contribution < 1.29 is 10.2 Å². The molecule has 0 bridgehead atoms. The highest BCUT2D eigenvalue weighted by molar-refractivity contribution is 5.26. The van der Waals surface area contributed by atoms with Crippen LogP contribution in [-0.4, -0.2) is 26.6 Å². The molecule has 0 aliphatic rings. The van der Waals surface area contributed by atoms with E-state index in [0.717, 1.165) is 17.0 Å². The SMILES string of the molecule is Cc1nn(C)c(C)c1[C@H](O)CCO. The first kappa shape index (κ1) is 10.2. The van der Waals surface area contributed by atoms with Gasteiger partial charge in [-0.25, -0.2) is 0 Å². The molecule has 1 aromatic heterocycles. The monoisotopic (exact) mass is 184 g/mol. The van der Waals surface area contributed by atoms with Gasteiger partial charge in [0.25, 0.3) is 0 Å². The van der Waals surface area contributed by atoms with Crippen LogP contribution in [-0.2, 0) is 7.05 Å². The molecule has 0 radical (unpaired) electrons. The topological polar surface area (TPSA) is 58.3 Å². The van der Waals surface area contributed by atoms with E-state index in [1.807, 2.05) is 20.9 Å². The smallest absolute Gasteiger partial charge is 0.0847 e. The Morgan fingerprint density at radius 3 is 2.46 bits per heavy atom. The molecular formula is C9H16N2O2. The van der Waals surface area contributed by atoms with Crippen LogP contribution in [0.4, 0.5) is 0 Å². The zero-order valence-electron chi connectivity index (χ0n) is 8.28. The van der Waals surface area contributed by atoms with Crippen molar-refractivity contribution in [1.29, 1.82) is 0 Å². The van der Waals surface area contributed by atoms with E-state index in [0.29, 0.717) is 6.42 Å². The quantitative estimate of drug-likeness (QED) is 0.717. The summed E-state index contributed by atoms with van der Waals surface area (Å²) >= 11 is 0. The zero-order valence-corrected chi connectivity index (χ0v) is 8.28. The van der Waals surface area contributed by atoms with Gasteiger partial charge in [0.2, 0.25) is 0 Å². The van der Waals surface area contributed by atoms with E-state index in [1.54, 1.807) is 4.68 Å². The highest BCUT2D eigenvalue weighted by Crippen LogP contribution is 2.22. The van der Waals surface area contributed by atoms with Crippen LogP contribution >= 0.6 is 0 Å². The molecule has 1 atom stereocenters. The minimum Gasteiger partial charge on any atom is -0.396 e. The molecule has 0 aromatic carbocycles. The molecule has 74 valence electrons. The molecule has 13 heavy (non-hydrogen) atoms. The maximum absolute atomic E-state index is 9.68. The first-order valence-corrected chi connectivity index (χ1v) is 4.37. The third-order valence-electron chi connectivity index (χ3n) is 2.30. The Morgan fingerprint density at radius 1 is 1.46 bits per heavy atom. The van der Waals surface area contributed by atoms with E-state index < -0.39 is 6.10 Å². The lowest BCUT2D eigenvalue weighted by atomic mass is 10.1. The predicted molar refractivity (Wildman–Crippen MR) is 49.3 cm³/mol. The molecular weight excluding hydrogens is 168 g/mol.